The van der Waals surface area contributed by atoms with Gasteiger partial charge in [-0.25, -0.2) is 4.39 Å². The molecule has 1 aliphatic heterocycles. The van der Waals surface area contributed by atoms with Crippen LogP contribution in [-0.2, 0) is 16.0 Å². The van der Waals surface area contributed by atoms with Crippen molar-refractivity contribution in [3.63, 3.8) is 0 Å². The van der Waals surface area contributed by atoms with Crippen LogP contribution >= 0.6 is 11.3 Å². The summed E-state index contributed by atoms with van der Waals surface area (Å²) in [6.45, 7) is 1.06. The van der Waals surface area contributed by atoms with Gasteiger partial charge in [-0.2, -0.15) is 0 Å². The van der Waals surface area contributed by atoms with Crippen LogP contribution in [0.2, 0.25) is 0 Å². The van der Waals surface area contributed by atoms with Gasteiger partial charge in [-0.1, -0.05) is 18.2 Å². The molecule has 0 N–H and O–H groups in total. The Morgan fingerprint density at radius 2 is 1.92 bits per heavy atom. The molecule has 3 aromatic rings. The first-order valence-electron chi connectivity index (χ1n) is 11.7. The van der Waals surface area contributed by atoms with Gasteiger partial charge in [-0.15, -0.1) is 11.3 Å². The zero-order valence-electron chi connectivity index (χ0n) is 20.3. The first kappa shape index (κ1) is 25.7. The Bertz CT molecular complexity index is 1200. The average molecular weight is 513 g/mol. The molecule has 0 spiro atoms. The Balaban J connectivity index is 1.54. The fourth-order valence-corrected chi connectivity index (χ4v) is 5.22. The highest BCUT2D eigenvalue weighted by Gasteiger charge is 2.34. The van der Waals surface area contributed by atoms with E-state index >= 15 is 0 Å². The fourth-order valence-electron chi connectivity index (χ4n) is 4.29. The zero-order chi connectivity index (χ0) is 25.5. The van der Waals surface area contributed by atoms with E-state index in [1.807, 2.05) is 35.7 Å². The number of amides is 2. The second-order valence-corrected chi connectivity index (χ2v) is 9.34. The minimum atomic E-state index is -0.506. The Kier molecular flexibility index (Phi) is 8.56. The van der Waals surface area contributed by atoms with E-state index in [-0.39, 0.29) is 43.8 Å². The van der Waals surface area contributed by atoms with Crippen LogP contribution in [0.1, 0.15) is 26.8 Å². The highest BCUT2D eigenvalue weighted by atomic mass is 32.1. The van der Waals surface area contributed by atoms with Gasteiger partial charge in [0.05, 0.1) is 19.8 Å². The fraction of sp³-hybridized carbons (Fsp3) is 0.333. The second kappa shape index (κ2) is 12.0. The van der Waals surface area contributed by atoms with Crippen molar-refractivity contribution < 1.29 is 28.2 Å². The number of thiophene rings is 1. The maximum Gasteiger partial charge on any atom is 0.254 e. The molecule has 0 bridgehead atoms. The Morgan fingerprint density at radius 1 is 1.11 bits per heavy atom. The number of ether oxygens (including phenoxy) is 3. The van der Waals surface area contributed by atoms with E-state index in [9.17, 15) is 14.0 Å². The van der Waals surface area contributed by atoms with E-state index in [4.69, 9.17) is 14.2 Å². The summed E-state index contributed by atoms with van der Waals surface area (Å²) in [5.74, 6) is 0.0747. The molecule has 36 heavy (non-hydrogen) atoms. The van der Waals surface area contributed by atoms with Crippen LogP contribution in [0, 0.1) is 5.82 Å². The van der Waals surface area contributed by atoms with Crippen molar-refractivity contribution in [2.45, 2.75) is 12.5 Å². The normalized spacial score (nSPS) is 14.8. The average Bonchev–Trinajstić information content (AvgIpc) is 3.38. The second-order valence-electron chi connectivity index (χ2n) is 8.34. The maximum absolute atomic E-state index is 13.7. The van der Waals surface area contributed by atoms with Crippen molar-refractivity contribution in [2.75, 3.05) is 47.1 Å². The topological polar surface area (TPSA) is 68.3 Å². The molecule has 1 aliphatic rings. The van der Waals surface area contributed by atoms with E-state index in [1.165, 1.54) is 41.2 Å². The summed E-state index contributed by atoms with van der Waals surface area (Å²) in [5, 5.41) is 2.02. The monoisotopic (exact) mass is 512 g/mol. The molecule has 1 atom stereocenters. The van der Waals surface area contributed by atoms with Gasteiger partial charge < -0.3 is 24.0 Å². The molecule has 0 radical (unpaired) electrons. The van der Waals surface area contributed by atoms with Crippen LogP contribution in [0.15, 0.2) is 60.0 Å². The summed E-state index contributed by atoms with van der Waals surface area (Å²) < 4.78 is 30.4. The number of rotatable bonds is 10. The van der Waals surface area contributed by atoms with Crippen LogP contribution in [-0.4, -0.2) is 68.7 Å². The first-order chi connectivity index (χ1) is 17.5. The number of methoxy groups -OCH3 is 2. The van der Waals surface area contributed by atoms with Gasteiger partial charge in [0.2, 0.25) is 5.91 Å². The van der Waals surface area contributed by atoms with Crippen LogP contribution in [0.25, 0.3) is 0 Å². The molecule has 0 aliphatic carbocycles. The SMILES string of the molecule is COCCN(CC(=O)N1CCc2sccc2[C@@H]1COc1ccccc1OC)C(=O)c1cccc(F)c1. The Morgan fingerprint density at radius 3 is 2.67 bits per heavy atom. The molecule has 1 aromatic heterocycles. The van der Waals surface area contributed by atoms with Gasteiger partial charge in [0.1, 0.15) is 19.0 Å². The quantitative estimate of drug-likeness (QED) is 0.408. The standard InChI is InChI=1S/C27H29FN2O5S/c1-33-14-13-29(27(32)19-6-5-7-20(28)16-19)17-26(31)30-12-10-25-21(11-15-36-25)22(30)18-35-24-9-4-3-8-23(24)34-2/h3-9,11,15-16,22H,10,12-14,17-18H2,1-2H3/t22-/m0/s1. The summed E-state index contributed by atoms with van der Waals surface area (Å²) in [4.78, 5) is 31.1. The maximum atomic E-state index is 13.7. The zero-order valence-corrected chi connectivity index (χ0v) is 21.1. The van der Waals surface area contributed by atoms with Crippen molar-refractivity contribution in [3.8, 4) is 11.5 Å². The first-order valence-corrected chi connectivity index (χ1v) is 12.5. The van der Waals surface area contributed by atoms with Gasteiger partial charge in [0.25, 0.3) is 5.91 Å². The summed E-state index contributed by atoms with van der Waals surface area (Å²) in [6, 6.07) is 14.6. The molecule has 0 fully saturated rings. The molecule has 0 saturated carbocycles. The molecular formula is C27H29FN2O5S. The van der Waals surface area contributed by atoms with Crippen molar-refractivity contribution in [2.24, 2.45) is 0 Å². The lowest BCUT2D eigenvalue weighted by Gasteiger charge is -2.37. The van der Waals surface area contributed by atoms with Crippen molar-refractivity contribution in [1.29, 1.82) is 0 Å². The van der Waals surface area contributed by atoms with Gasteiger partial charge >= 0.3 is 0 Å². The number of hydrogen-bond acceptors (Lipinski definition) is 6. The number of para-hydroxylation sites is 2. The van der Waals surface area contributed by atoms with Gasteiger partial charge in [0.15, 0.2) is 11.5 Å². The van der Waals surface area contributed by atoms with Crippen LogP contribution in [0.5, 0.6) is 11.5 Å². The smallest absolute Gasteiger partial charge is 0.254 e. The molecule has 9 heteroatoms. The van der Waals surface area contributed by atoms with Crippen LogP contribution in [0.4, 0.5) is 4.39 Å². The number of carbonyl (C=O) groups excluding carboxylic acids is 2. The van der Waals surface area contributed by atoms with Crippen LogP contribution in [0.3, 0.4) is 0 Å². The largest absolute Gasteiger partial charge is 0.493 e. The molecule has 2 heterocycles. The molecule has 0 unspecified atom stereocenters. The third-order valence-corrected chi connectivity index (χ3v) is 7.13. The van der Waals surface area contributed by atoms with E-state index in [0.717, 1.165) is 12.0 Å². The Hall–Kier alpha value is -3.43. The van der Waals surface area contributed by atoms with Gasteiger partial charge in [0, 0.05) is 30.6 Å². The highest BCUT2D eigenvalue weighted by molar-refractivity contribution is 7.10. The molecule has 4 rings (SSSR count). The minimum absolute atomic E-state index is 0.149. The third-order valence-electron chi connectivity index (χ3n) is 6.13. The molecule has 7 nitrogen and oxygen atoms in total. The lowest BCUT2D eigenvalue weighted by Crippen LogP contribution is -2.48. The number of carbonyl (C=O) groups is 2. The summed E-state index contributed by atoms with van der Waals surface area (Å²) in [6.07, 6.45) is 0.736. The third kappa shape index (κ3) is 5.85. The number of hydrogen-bond donors (Lipinski definition) is 0. The number of benzene rings is 2. The van der Waals surface area contributed by atoms with E-state index in [1.54, 1.807) is 23.3 Å². The van der Waals surface area contributed by atoms with Gasteiger partial charge in [-0.3, -0.25) is 9.59 Å². The summed E-state index contributed by atoms with van der Waals surface area (Å²) in [7, 11) is 3.11. The molecule has 2 aromatic carbocycles. The van der Waals surface area contributed by atoms with Crippen molar-refractivity contribution >= 4 is 23.2 Å². The summed E-state index contributed by atoms with van der Waals surface area (Å²) >= 11 is 1.67. The minimum Gasteiger partial charge on any atom is -0.493 e. The summed E-state index contributed by atoms with van der Waals surface area (Å²) in [5.41, 5.74) is 1.24. The number of fused-ring (bicyclic) bond motifs is 1. The lowest BCUT2D eigenvalue weighted by molar-refractivity contribution is -0.135. The predicted octanol–water partition coefficient (Wildman–Crippen LogP) is 4.19. The van der Waals surface area contributed by atoms with Crippen LogP contribution < -0.4 is 9.47 Å². The molecular weight excluding hydrogens is 483 g/mol. The number of nitrogens with zero attached hydrogens (tertiary/aromatic N) is 2. The highest BCUT2D eigenvalue weighted by Crippen LogP contribution is 2.35. The lowest BCUT2D eigenvalue weighted by atomic mass is 10.0. The van der Waals surface area contributed by atoms with E-state index < -0.39 is 11.7 Å². The Labute approximate surface area is 214 Å². The molecule has 190 valence electrons. The van der Waals surface area contributed by atoms with Crippen molar-refractivity contribution in [3.05, 3.63) is 81.8 Å². The number of halogens is 1. The predicted molar refractivity (Wildman–Crippen MR) is 135 cm³/mol. The molecule has 2 amide bonds. The van der Waals surface area contributed by atoms with Gasteiger partial charge in [-0.05, 0) is 53.8 Å². The molecule has 0 saturated heterocycles. The van der Waals surface area contributed by atoms with E-state index in [2.05, 4.69) is 0 Å². The van der Waals surface area contributed by atoms with Crippen molar-refractivity contribution in [1.82, 2.24) is 9.80 Å². The van der Waals surface area contributed by atoms with E-state index in [0.29, 0.717) is 18.0 Å².